The van der Waals surface area contributed by atoms with E-state index in [0.717, 1.165) is 17.2 Å². The number of hydrogen-bond donors (Lipinski definition) is 1. The molecule has 0 radical (unpaired) electrons. The molecule has 0 spiro atoms. The van der Waals surface area contributed by atoms with Gasteiger partial charge < -0.3 is 15.2 Å². The van der Waals surface area contributed by atoms with E-state index in [0.29, 0.717) is 18.9 Å². The predicted molar refractivity (Wildman–Crippen MR) is 69.8 cm³/mol. The van der Waals surface area contributed by atoms with Gasteiger partial charge in [-0.05, 0) is 31.2 Å². The van der Waals surface area contributed by atoms with Crippen molar-refractivity contribution in [1.29, 1.82) is 0 Å². The Morgan fingerprint density at radius 1 is 1.11 bits per heavy atom. The lowest BCUT2D eigenvalue weighted by Gasteiger charge is -2.08. The Labute approximate surface area is 106 Å². The highest BCUT2D eigenvalue weighted by atomic mass is 16.5. The van der Waals surface area contributed by atoms with Gasteiger partial charge in [0.2, 0.25) is 0 Å². The third kappa shape index (κ3) is 3.21. The smallest absolute Gasteiger partial charge is 0.145 e. The third-order valence-electron chi connectivity index (χ3n) is 2.36. The van der Waals surface area contributed by atoms with Gasteiger partial charge in [-0.3, -0.25) is 4.98 Å². The van der Waals surface area contributed by atoms with E-state index in [1.807, 2.05) is 43.3 Å². The van der Waals surface area contributed by atoms with Gasteiger partial charge in [0.25, 0.3) is 0 Å². The molecule has 4 nitrogen and oxygen atoms in total. The number of aromatic nitrogens is 1. The summed E-state index contributed by atoms with van der Waals surface area (Å²) >= 11 is 0. The molecule has 0 fully saturated rings. The molecule has 1 aromatic heterocycles. The standard InChI is InChI=1S/C14H16N2O2/c1-2-17-12-4-3-5-13(8-12)18-14-7-6-11(9-15)16-10-14/h3-8,10H,2,9,15H2,1H3. The minimum atomic E-state index is 0.431. The van der Waals surface area contributed by atoms with Gasteiger partial charge in [-0.2, -0.15) is 0 Å². The van der Waals surface area contributed by atoms with Crippen molar-refractivity contribution >= 4 is 0 Å². The Bertz CT molecular complexity index is 497. The first-order chi connectivity index (χ1) is 8.81. The quantitative estimate of drug-likeness (QED) is 0.878. The average Bonchev–Trinajstić information content (AvgIpc) is 2.40. The normalized spacial score (nSPS) is 10.1. The Hall–Kier alpha value is -2.07. The molecule has 0 atom stereocenters. The van der Waals surface area contributed by atoms with E-state index in [1.165, 1.54) is 0 Å². The lowest BCUT2D eigenvalue weighted by molar-refractivity contribution is 0.338. The maximum Gasteiger partial charge on any atom is 0.145 e. The van der Waals surface area contributed by atoms with Gasteiger partial charge in [0.05, 0.1) is 18.5 Å². The molecule has 0 bridgehead atoms. The van der Waals surface area contributed by atoms with Crippen molar-refractivity contribution in [3.8, 4) is 17.2 Å². The Morgan fingerprint density at radius 2 is 1.94 bits per heavy atom. The largest absolute Gasteiger partial charge is 0.494 e. The first-order valence-corrected chi connectivity index (χ1v) is 5.87. The van der Waals surface area contributed by atoms with Crippen molar-refractivity contribution in [1.82, 2.24) is 4.98 Å². The van der Waals surface area contributed by atoms with Gasteiger partial charge in [0.1, 0.15) is 17.2 Å². The molecule has 0 aliphatic carbocycles. The lowest BCUT2D eigenvalue weighted by atomic mass is 10.3. The fraction of sp³-hybridized carbons (Fsp3) is 0.214. The minimum Gasteiger partial charge on any atom is -0.494 e. The topological polar surface area (TPSA) is 57.4 Å². The number of nitrogens with two attached hydrogens (primary N) is 1. The molecule has 1 heterocycles. The zero-order valence-corrected chi connectivity index (χ0v) is 10.3. The fourth-order valence-corrected chi connectivity index (χ4v) is 1.52. The van der Waals surface area contributed by atoms with Gasteiger partial charge >= 0.3 is 0 Å². The zero-order valence-electron chi connectivity index (χ0n) is 10.3. The van der Waals surface area contributed by atoms with Gasteiger partial charge in [0, 0.05) is 12.6 Å². The maximum absolute atomic E-state index is 5.68. The second-order valence-corrected chi connectivity index (χ2v) is 3.70. The lowest BCUT2D eigenvalue weighted by Crippen LogP contribution is -1.98. The van der Waals surface area contributed by atoms with Crippen molar-refractivity contribution < 1.29 is 9.47 Å². The van der Waals surface area contributed by atoms with Crippen LogP contribution in [0.3, 0.4) is 0 Å². The number of hydrogen-bond acceptors (Lipinski definition) is 4. The predicted octanol–water partition coefficient (Wildman–Crippen LogP) is 2.73. The molecule has 94 valence electrons. The van der Waals surface area contributed by atoms with Crippen LogP contribution >= 0.6 is 0 Å². The molecule has 0 unspecified atom stereocenters. The van der Waals surface area contributed by atoms with E-state index in [-0.39, 0.29) is 0 Å². The van der Waals surface area contributed by atoms with Crippen LogP contribution in [0, 0.1) is 0 Å². The molecule has 18 heavy (non-hydrogen) atoms. The summed E-state index contributed by atoms with van der Waals surface area (Å²) in [6, 6.07) is 11.2. The Morgan fingerprint density at radius 3 is 2.61 bits per heavy atom. The van der Waals surface area contributed by atoms with Crippen LogP contribution in [0.25, 0.3) is 0 Å². The molecule has 0 amide bonds. The van der Waals surface area contributed by atoms with Crippen LogP contribution in [0.4, 0.5) is 0 Å². The summed E-state index contributed by atoms with van der Waals surface area (Å²) in [6.45, 7) is 3.01. The van der Waals surface area contributed by atoms with Crippen LogP contribution in [-0.2, 0) is 6.54 Å². The van der Waals surface area contributed by atoms with E-state index in [1.54, 1.807) is 6.20 Å². The molecule has 4 heteroatoms. The van der Waals surface area contributed by atoms with Crippen molar-refractivity contribution in [3.05, 3.63) is 48.3 Å². The van der Waals surface area contributed by atoms with Crippen LogP contribution in [0.1, 0.15) is 12.6 Å². The first kappa shape index (κ1) is 12.4. The van der Waals surface area contributed by atoms with E-state index in [4.69, 9.17) is 15.2 Å². The molecular formula is C14H16N2O2. The van der Waals surface area contributed by atoms with E-state index >= 15 is 0 Å². The molecule has 0 saturated carbocycles. The van der Waals surface area contributed by atoms with Gasteiger partial charge in [-0.25, -0.2) is 0 Å². The van der Waals surface area contributed by atoms with Crippen molar-refractivity contribution in [2.24, 2.45) is 5.73 Å². The van der Waals surface area contributed by atoms with Crippen LogP contribution in [0.15, 0.2) is 42.6 Å². The fourth-order valence-electron chi connectivity index (χ4n) is 1.52. The summed E-state index contributed by atoms with van der Waals surface area (Å²) in [5, 5.41) is 0. The molecule has 2 aromatic rings. The second kappa shape index (κ2) is 6.02. The number of rotatable bonds is 5. The molecule has 0 aliphatic heterocycles. The summed E-state index contributed by atoms with van der Waals surface area (Å²) in [4.78, 5) is 4.17. The van der Waals surface area contributed by atoms with Crippen molar-refractivity contribution in [2.45, 2.75) is 13.5 Å². The molecule has 2 rings (SSSR count). The Kier molecular flexibility index (Phi) is 4.15. The maximum atomic E-state index is 5.68. The molecule has 1 aromatic carbocycles. The van der Waals surface area contributed by atoms with Crippen LogP contribution < -0.4 is 15.2 Å². The first-order valence-electron chi connectivity index (χ1n) is 5.87. The summed E-state index contributed by atoms with van der Waals surface area (Å²) in [7, 11) is 0. The van der Waals surface area contributed by atoms with Crippen molar-refractivity contribution in [3.63, 3.8) is 0 Å². The SMILES string of the molecule is CCOc1cccc(Oc2ccc(CN)nc2)c1. The van der Waals surface area contributed by atoms with E-state index in [9.17, 15) is 0 Å². The summed E-state index contributed by atoms with van der Waals surface area (Å²) < 4.78 is 11.1. The third-order valence-corrected chi connectivity index (χ3v) is 2.36. The molecular weight excluding hydrogens is 228 g/mol. The molecule has 0 saturated heterocycles. The highest BCUT2D eigenvalue weighted by Crippen LogP contribution is 2.24. The second-order valence-electron chi connectivity index (χ2n) is 3.70. The number of ether oxygens (including phenoxy) is 2. The zero-order chi connectivity index (χ0) is 12.8. The summed E-state index contributed by atoms with van der Waals surface area (Å²) in [5.41, 5.74) is 6.32. The highest BCUT2D eigenvalue weighted by molar-refractivity contribution is 5.36. The van der Waals surface area contributed by atoms with E-state index in [2.05, 4.69) is 4.98 Å². The molecule has 2 N–H and O–H groups in total. The van der Waals surface area contributed by atoms with Crippen LogP contribution in [0.2, 0.25) is 0 Å². The van der Waals surface area contributed by atoms with Gasteiger partial charge in [0.15, 0.2) is 0 Å². The average molecular weight is 244 g/mol. The number of pyridine rings is 1. The van der Waals surface area contributed by atoms with Crippen LogP contribution in [-0.4, -0.2) is 11.6 Å². The highest BCUT2D eigenvalue weighted by Gasteiger charge is 2.00. The molecule has 0 aliphatic rings. The number of benzene rings is 1. The monoisotopic (exact) mass is 244 g/mol. The van der Waals surface area contributed by atoms with Gasteiger partial charge in [-0.1, -0.05) is 6.07 Å². The summed E-state index contributed by atoms with van der Waals surface area (Å²) in [5.74, 6) is 2.20. The van der Waals surface area contributed by atoms with Crippen molar-refractivity contribution in [2.75, 3.05) is 6.61 Å². The summed E-state index contributed by atoms with van der Waals surface area (Å²) in [6.07, 6.45) is 1.66. The minimum absolute atomic E-state index is 0.431. The number of nitrogens with zero attached hydrogens (tertiary/aromatic N) is 1. The van der Waals surface area contributed by atoms with Crippen LogP contribution in [0.5, 0.6) is 17.2 Å². The van der Waals surface area contributed by atoms with E-state index < -0.39 is 0 Å². The van der Waals surface area contributed by atoms with Gasteiger partial charge in [-0.15, -0.1) is 0 Å². The Balaban J connectivity index is 2.09.